The Morgan fingerprint density at radius 1 is 1.73 bits per heavy atom. The molecule has 88 valence electrons. The summed E-state index contributed by atoms with van der Waals surface area (Å²) in [5.41, 5.74) is -0.575. The molecule has 6 heteroatoms. The Bertz CT molecular complexity index is 256. The average molecular weight is 234 g/mol. The molecule has 0 aliphatic rings. The second-order valence-corrected chi connectivity index (χ2v) is 4.05. The maximum absolute atomic E-state index is 10.7. The minimum absolute atomic E-state index is 0.166. The van der Waals surface area contributed by atoms with Gasteiger partial charge in [0.1, 0.15) is 0 Å². The molecule has 0 bridgehead atoms. The Balaban J connectivity index is 4.03. The van der Waals surface area contributed by atoms with Crippen molar-refractivity contribution < 1.29 is 18.3 Å². The van der Waals surface area contributed by atoms with Gasteiger partial charge in [0.05, 0.1) is 6.61 Å². The van der Waals surface area contributed by atoms with Gasteiger partial charge in [-0.15, -0.1) is 0 Å². The highest BCUT2D eigenvalue weighted by atomic mass is 32.2. The molecule has 0 fully saturated rings. The number of esters is 1. The van der Waals surface area contributed by atoms with Gasteiger partial charge in [-0.2, -0.15) is 0 Å². The van der Waals surface area contributed by atoms with Crippen LogP contribution in [0.4, 0.5) is 0 Å². The first-order valence-corrected chi connectivity index (χ1v) is 5.67. The van der Waals surface area contributed by atoms with E-state index in [-0.39, 0.29) is 6.61 Å². The van der Waals surface area contributed by atoms with Crippen LogP contribution in [0.1, 0.15) is 26.7 Å². The topological polar surface area (TPSA) is 78.5 Å². The molecule has 0 rings (SSSR count). The summed E-state index contributed by atoms with van der Waals surface area (Å²) in [6.45, 7) is 7.03. The zero-order chi connectivity index (χ0) is 11.9. The molecule has 2 unspecified atom stereocenters. The highest BCUT2D eigenvalue weighted by Gasteiger charge is 2.21. The van der Waals surface area contributed by atoms with E-state index in [2.05, 4.69) is 11.3 Å². The van der Waals surface area contributed by atoms with Gasteiger partial charge in [-0.05, 0) is 13.3 Å². The van der Waals surface area contributed by atoms with Gasteiger partial charge in [0.15, 0.2) is 0 Å². The smallest absolute Gasteiger partial charge is 0.330 e. The summed E-state index contributed by atoms with van der Waals surface area (Å²) in [5.74, 6) is -0.503. The quantitative estimate of drug-likeness (QED) is 0.398. The Hall–Kier alpha value is -0.720. The number of hydrogen-bond donors (Lipinski definition) is 1. The van der Waals surface area contributed by atoms with Crippen molar-refractivity contribution >= 4 is 17.2 Å². The summed E-state index contributed by atoms with van der Waals surface area (Å²) in [5, 5.41) is 0. The van der Waals surface area contributed by atoms with Crippen LogP contribution < -0.4 is 4.72 Å². The third-order valence-corrected chi connectivity index (χ3v) is 2.83. The van der Waals surface area contributed by atoms with Crippen LogP contribution in [0.25, 0.3) is 0 Å². The highest BCUT2D eigenvalue weighted by Crippen LogP contribution is 2.14. The van der Waals surface area contributed by atoms with Crippen LogP contribution in [0.5, 0.6) is 0 Å². The van der Waals surface area contributed by atoms with Gasteiger partial charge in [0, 0.05) is 29.3 Å². The van der Waals surface area contributed by atoms with Crippen LogP contribution in [-0.2, 0) is 20.8 Å². The van der Waals surface area contributed by atoms with Gasteiger partial charge in [-0.25, -0.2) is 9.52 Å². The SMILES string of the molecule is C=CC(=O)OCCC(C)(CC)NS(=O)[O-]. The van der Waals surface area contributed by atoms with Crippen LogP contribution in [-0.4, -0.2) is 26.9 Å². The summed E-state index contributed by atoms with van der Waals surface area (Å²) < 4.78 is 28.2. The summed E-state index contributed by atoms with van der Waals surface area (Å²) in [7, 11) is 0. The molecular weight excluding hydrogens is 218 g/mol. The largest absolute Gasteiger partial charge is 0.760 e. The zero-order valence-electron chi connectivity index (χ0n) is 8.95. The van der Waals surface area contributed by atoms with Crippen molar-refractivity contribution in [1.82, 2.24) is 4.72 Å². The van der Waals surface area contributed by atoms with E-state index in [0.29, 0.717) is 12.8 Å². The number of nitrogens with one attached hydrogen (secondary N) is 1. The number of hydrogen-bond acceptors (Lipinski definition) is 4. The molecule has 5 nitrogen and oxygen atoms in total. The highest BCUT2D eigenvalue weighted by molar-refractivity contribution is 7.77. The van der Waals surface area contributed by atoms with E-state index in [4.69, 9.17) is 4.74 Å². The molecule has 0 aromatic heterocycles. The molecule has 2 atom stereocenters. The molecule has 0 aliphatic carbocycles. The van der Waals surface area contributed by atoms with Crippen molar-refractivity contribution in [2.75, 3.05) is 6.61 Å². The molecule has 0 aromatic rings. The van der Waals surface area contributed by atoms with Crippen molar-refractivity contribution in [3.8, 4) is 0 Å². The summed E-state index contributed by atoms with van der Waals surface area (Å²) in [6, 6.07) is 0. The van der Waals surface area contributed by atoms with Crippen LogP contribution in [0.2, 0.25) is 0 Å². The zero-order valence-corrected chi connectivity index (χ0v) is 9.76. The predicted octanol–water partition coefficient (Wildman–Crippen LogP) is 0.658. The number of carbonyl (C=O) groups is 1. The van der Waals surface area contributed by atoms with Gasteiger partial charge in [-0.1, -0.05) is 13.5 Å². The molecule has 0 aliphatic heterocycles. The van der Waals surface area contributed by atoms with Crippen LogP contribution in [0, 0.1) is 0 Å². The van der Waals surface area contributed by atoms with Gasteiger partial charge in [0.25, 0.3) is 0 Å². The van der Waals surface area contributed by atoms with Crippen LogP contribution in [0.3, 0.4) is 0 Å². The van der Waals surface area contributed by atoms with Crippen molar-refractivity contribution in [2.45, 2.75) is 32.2 Å². The van der Waals surface area contributed by atoms with Crippen molar-refractivity contribution in [3.63, 3.8) is 0 Å². The van der Waals surface area contributed by atoms with Gasteiger partial charge in [0.2, 0.25) is 0 Å². The number of ether oxygens (including phenoxy) is 1. The molecule has 0 radical (unpaired) electrons. The third kappa shape index (κ3) is 6.38. The third-order valence-electron chi connectivity index (χ3n) is 2.17. The number of carbonyl (C=O) groups excluding carboxylic acids is 1. The lowest BCUT2D eigenvalue weighted by molar-refractivity contribution is -0.138. The lowest BCUT2D eigenvalue weighted by Gasteiger charge is -2.30. The first-order valence-electron chi connectivity index (χ1n) is 4.60. The Labute approximate surface area is 92.3 Å². The molecule has 0 amide bonds. The minimum Gasteiger partial charge on any atom is -0.760 e. The molecule has 0 heterocycles. The fourth-order valence-electron chi connectivity index (χ4n) is 0.937. The van der Waals surface area contributed by atoms with E-state index >= 15 is 0 Å². The van der Waals surface area contributed by atoms with E-state index < -0.39 is 22.8 Å². The fourth-order valence-corrected chi connectivity index (χ4v) is 1.59. The Morgan fingerprint density at radius 3 is 2.73 bits per heavy atom. The Kier molecular flexibility index (Phi) is 6.38. The summed E-state index contributed by atoms with van der Waals surface area (Å²) in [4.78, 5) is 10.7. The molecule has 1 N–H and O–H groups in total. The first kappa shape index (κ1) is 14.3. The fraction of sp³-hybridized carbons (Fsp3) is 0.667. The number of rotatable bonds is 7. The molecule has 0 spiro atoms. The Morgan fingerprint density at radius 2 is 2.33 bits per heavy atom. The van der Waals surface area contributed by atoms with E-state index in [9.17, 15) is 13.6 Å². The van der Waals surface area contributed by atoms with E-state index in [1.54, 1.807) is 6.92 Å². The standard InChI is InChI=1S/C9H17NO4S/c1-4-8(11)14-7-6-9(3,5-2)10-15(12)13/h4,10H,1,5-7H2,2-3H3,(H,12,13)/p-1. The molecular formula is C9H16NO4S-. The maximum atomic E-state index is 10.7. The van der Waals surface area contributed by atoms with E-state index in [1.807, 2.05) is 6.92 Å². The second-order valence-electron chi connectivity index (χ2n) is 3.37. The second kappa shape index (κ2) is 6.71. The first-order chi connectivity index (χ1) is 6.93. The van der Waals surface area contributed by atoms with Crippen LogP contribution in [0.15, 0.2) is 12.7 Å². The monoisotopic (exact) mass is 234 g/mol. The van der Waals surface area contributed by atoms with Gasteiger partial charge in [-0.3, -0.25) is 4.21 Å². The van der Waals surface area contributed by atoms with E-state index in [0.717, 1.165) is 6.08 Å². The van der Waals surface area contributed by atoms with Crippen molar-refractivity contribution in [2.24, 2.45) is 0 Å². The lowest BCUT2D eigenvalue weighted by Crippen LogP contribution is -2.43. The summed E-state index contributed by atoms with van der Waals surface area (Å²) >= 11 is -2.31. The molecule has 15 heavy (non-hydrogen) atoms. The molecule has 0 saturated carbocycles. The van der Waals surface area contributed by atoms with Gasteiger partial charge >= 0.3 is 5.97 Å². The van der Waals surface area contributed by atoms with Crippen molar-refractivity contribution in [3.05, 3.63) is 12.7 Å². The van der Waals surface area contributed by atoms with Crippen LogP contribution >= 0.6 is 0 Å². The predicted molar refractivity (Wildman–Crippen MR) is 56.5 cm³/mol. The average Bonchev–Trinajstić information content (AvgIpc) is 2.16. The van der Waals surface area contributed by atoms with E-state index in [1.165, 1.54) is 0 Å². The molecule has 0 saturated heterocycles. The molecule has 0 aromatic carbocycles. The maximum Gasteiger partial charge on any atom is 0.330 e. The van der Waals surface area contributed by atoms with Gasteiger partial charge < -0.3 is 9.29 Å². The van der Waals surface area contributed by atoms with Crippen molar-refractivity contribution in [1.29, 1.82) is 0 Å². The lowest BCUT2D eigenvalue weighted by atomic mass is 9.97. The normalized spacial score (nSPS) is 16.5. The minimum atomic E-state index is -2.31. The summed E-state index contributed by atoms with van der Waals surface area (Å²) in [6.07, 6.45) is 2.12.